The molecular weight excluding hydrogens is 601 g/mol. The van der Waals surface area contributed by atoms with Gasteiger partial charge in [0.1, 0.15) is 0 Å². The second-order valence-corrected chi connectivity index (χ2v) is 17.0. The highest BCUT2D eigenvalue weighted by Gasteiger charge is 2.46. The standard InChI is InChI=1S/C43H40BN3S/c1-25-22-30-28-12-8-11-15-35(28)47(27-18-16-26(17-19-27)45(6)7)44-38(30)40-37(25)29-13-9-10-14-34(29)46(40)39-31-23-32-33(24-36(31)48-41(39)44)43(4,5)21-20-42(32,2)3/h8-19,22-24H,20-21H2,1-7H3. The summed E-state index contributed by atoms with van der Waals surface area (Å²) in [6.07, 6.45) is 2.43. The van der Waals surface area contributed by atoms with Gasteiger partial charge in [-0.05, 0) is 107 Å². The minimum absolute atomic E-state index is 0.0606. The topological polar surface area (TPSA) is 11.4 Å². The van der Waals surface area contributed by atoms with Gasteiger partial charge in [-0.2, -0.15) is 0 Å². The lowest BCUT2D eigenvalue weighted by Gasteiger charge is -2.42. The number of aromatic nitrogens is 1. The third-order valence-corrected chi connectivity index (χ3v) is 13.1. The normalized spacial score (nSPS) is 16.7. The van der Waals surface area contributed by atoms with Crippen LogP contribution in [-0.2, 0) is 10.8 Å². The van der Waals surface area contributed by atoms with Crippen LogP contribution in [0.1, 0.15) is 57.2 Å². The van der Waals surface area contributed by atoms with Crippen molar-refractivity contribution in [2.45, 2.75) is 58.3 Å². The molecule has 0 atom stereocenters. The van der Waals surface area contributed by atoms with Crippen molar-refractivity contribution in [2.75, 3.05) is 23.8 Å². The SMILES string of the molecule is Cc1cc2c3c4c1c1ccccc1n4-c1c(sc4cc5c(cc14)C(C)(C)CCC5(C)C)B3N(c1ccc(N(C)C)cc1)c1ccccc1-2. The number of para-hydroxylation sites is 2. The van der Waals surface area contributed by atoms with Crippen molar-refractivity contribution in [1.82, 2.24) is 4.57 Å². The first-order chi connectivity index (χ1) is 23.0. The van der Waals surface area contributed by atoms with Gasteiger partial charge in [-0.1, -0.05) is 70.2 Å². The van der Waals surface area contributed by atoms with E-state index in [1.54, 1.807) is 0 Å². The predicted molar refractivity (Wildman–Crippen MR) is 210 cm³/mol. The lowest BCUT2D eigenvalue weighted by atomic mass is 9.47. The van der Waals surface area contributed by atoms with Crippen LogP contribution in [0.25, 0.3) is 48.7 Å². The van der Waals surface area contributed by atoms with E-state index in [1.807, 2.05) is 11.3 Å². The highest BCUT2D eigenvalue weighted by Crippen LogP contribution is 2.51. The molecule has 4 heterocycles. The van der Waals surface area contributed by atoms with Gasteiger partial charge in [-0.3, -0.25) is 0 Å². The number of thiophene rings is 1. The van der Waals surface area contributed by atoms with E-state index in [9.17, 15) is 0 Å². The molecule has 10 rings (SSSR count). The molecule has 236 valence electrons. The monoisotopic (exact) mass is 641 g/mol. The van der Waals surface area contributed by atoms with Gasteiger partial charge in [0, 0.05) is 62.4 Å². The molecule has 48 heavy (non-hydrogen) atoms. The van der Waals surface area contributed by atoms with Crippen molar-refractivity contribution in [3.8, 4) is 16.8 Å². The Balaban J connectivity index is 1.39. The maximum Gasteiger partial charge on any atom is 0.343 e. The molecule has 7 aromatic rings. The van der Waals surface area contributed by atoms with E-state index in [0.29, 0.717) is 0 Å². The second kappa shape index (κ2) is 9.36. The van der Waals surface area contributed by atoms with E-state index < -0.39 is 0 Å². The number of anilines is 3. The Hall–Kier alpha value is -4.48. The number of fused-ring (bicyclic) bond motifs is 11. The van der Waals surface area contributed by atoms with Crippen LogP contribution in [0.4, 0.5) is 17.1 Å². The molecule has 0 N–H and O–H groups in total. The van der Waals surface area contributed by atoms with Crippen molar-refractivity contribution in [3.63, 3.8) is 0 Å². The van der Waals surface area contributed by atoms with Gasteiger partial charge in [0.05, 0.1) is 16.7 Å². The van der Waals surface area contributed by atoms with Crippen LogP contribution in [0.2, 0.25) is 0 Å². The third-order valence-electron chi connectivity index (χ3n) is 11.9. The van der Waals surface area contributed by atoms with Crippen LogP contribution in [0.5, 0.6) is 0 Å². The molecule has 2 aromatic heterocycles. The molecular formula is C43H40BN3S. The summed E-state index contributed by atoms with van der Waals surface area (Å²) in [4.78, 5) is 4.83. The first kappa shape index (κ1) is 28.5. The van der Waals surface area contributed by atoms with E-state index in [1.165, 1.54) is 106 Å². The van der Waals surface area contributed by atoms with Crippen LogP contribution >= 0.6 is 11.3 Å². The molecule has 1 aliphatic carbocycles. The van der Waals surface area contributed by atoms with E-state index >= 15 is 0 Å². The number of hydrogen-bond donors (Lipinski definition) is 0. The molecule has 5 aromatic carbocycles. The van der Waals surface area contributed by atoms with Gasteiger partial charge >= 0.3 is 6.85 Å². The molecule has 3 nitrogen and oxygen atoms in total. The fraction of sp³-hybridized carbons (Fsp3) is 0.256. The summed E-state index contributed by atoms with van der Waals surface area (Å²) in [5, 5.41) is 4.14. The summed E-state index contributed by atoms with van der Waals surface area (Å²) in [7, 11) is 4.23. The first-order valence-corrected chi connectivity index (χ1v) is 18.2. The molecule has 0 spiro atoms. The molecule has 0 radical (unpaired) electrons. The van der Waals surface area contributed by atoms with Crippen LogP contribution < -0.4 is 20.0 Å². The number of nitrogens with zero attached hydrogens (tertiary/aromatic N) is 3. The van der Waals surface area contributed by atoms with Crippen molar-refractivity contribution >= 4 is 77.4 Å². The molecule has 0 unspecified atom stereocenters. The number of hydrogen-bond acceptors (Lipinski definition) is 3. The molecule has 0 saturated heterocycles. The van der Waals surface area contributed by atoms with Gasteiger partial charge in [-0.15, -0.1) is 11.3 Å². The predicted octanol–water partition coefficient (Wildman–Crippen LogP) is 9.96. The third kappa shape index (κ3) is 3.55. The van der Waals surface area contributed by atoms with E-state index in [2.05, 4.69) is 154 Å². The number of rotatable bonds is 2. The zero-order valence-corrected chi connectivity index (χ0v) is 29.7. The lowest BCUT2D eigenvalue weighted by molar-refractivity contribution is 0.332. The van der Waals surface area contributed by atoms with Crippen molar-refractivity contribution in [2.24, 2.45) is 0 Å². The lowest BCUT2D eigenvalue weighted by Crippen LogP contribution is -2.59. The number of aryl methyl sites for hydroxylation is 1. The minimum Gasteiger partial charge on any atom is -0.378 e. The average molecular weight is 642 g/mol. The maximum atomic E-state index is 2.66. The van der Waals surface area contributed by atoms with Crippen molar-refractivity contribution in [1.29, 1.82) is 0 Å². The van der Waals surface area contributed by atoms with Crippen molar-refractivity contribution < 1.29 is 0 Å². The van der Waals surface area contributed by atoms with Crippen LogP contribution in [-0.4, -0.2) is 25.5 Å². The Kier molecular flexibility index (Phi) is 5.56. The quantitative estimate of drug-likeness (QED) is 0.174. The summed E-state index contributed by atoms with van der Waals surface area (Å²) < 4.78 is 5.51. The van der Waals surface area contributed by atoms with Gasteiger partial charge < -0.3 is 14.3 Å². The highest BCUT2D eigenvalue weighted by molar-refractivity contribution is 7.32. The highest BCUT2D eigenvalue weighted by atomic mass is 32.1. The maximum absolute atomic E-state index is 2.66. The zero-order valence-electron chi connectivity index (χ0n) is 28.9. The molecule has 0 amide bonds. The smallest absolute Gasteiger partial charge is 0.343 e. The fourth-order valence-electron chi connectivity index (χ4n) is 9.33. The number of benzene rings is 5. The molecule has 5 heteroatoms. The Labute approximate surface area is 287 Å². The fourth-order valence-corrected chi connectivity index (χ4v) is 10.6. The summed E-state index contributed by atoms with van der Waals surface area (Å²) in [6.45, 7) is 12.2. The van der Waals surface area contributed by atoms with E-state index in [4.69, 9.17) is 0 Å². The van der Waals surface area contributed by atoms with Gasteiger partial charge in [-0.25, -0.2) is 0 Å². The van der Waals surface area contributed by atoms with Crippen LogP contribution in [0.3, 0.4) is 0 Å². The Morgan fingerprint density at radius 2 is 1.44 bits per heavy atom. The van der Waals surface area contributed by atoms with Gasteiger partial charge in [0.2, 0.25) is 0 Å². The zero-order chi connectivity index (χ0) is 32.9. The average Bonchev–Trinajstić information content (AvgIpc) is 3.62. The molecule has 3 aliphatic rings. The Morgan fingerprint density at radius 3 is 2.19 bits per heavy atom. The second-order valence-electron chi connectivity index (χ2n) is 15.9. The first-order valence-electron chi connectivity index (χ1n) is 17.4. The van der Waals surface area contributed by atoms with Gasteiger partial charge in [0.25, 0.3) is 0 Å². The molecule has 2 aliphatic heterocycles. The summed E-state index contributed by atoms with van der Waals surface area (Å²) >= 11 is 2.02. The van der Waals surface area contributed by atoms with Crippen molar-refractivity contribution in [3.05, 3.63) is 108 Å². The summed E-state index contributed by atoms with van der Waals surface area (Å²) in [6, 6.07) is 35.0. The molecule has 0 fully saturated rings. The van der Waals surface area contributed by atoms with E-state index in [0.717, 1.165) is 0 Å². The van der Waals surface area contributed by atoms with Crippen LogP contribution in [0, 0.1) is 6.92 Å². The molecule has 0 bridgehead atoms. The summed E-state index contributed by atoms with van der Waals surface area (Å²) in [5.74, 6) is 0. The summed E-state index contributed by atoms with van der Waals surface area (Å²) in [5.41, 5.74) is 16.6. The Morgan fingerprint density at radius 1 is 0.750 bits per heavy atom. The Bertz CT molecular complexity index is 2510. The van der Waals surface area contributed by atoms with E-state index in [-0.39, 0.29) is 17.7 Å². The molecule has 0 saturated carbocycles. The minimum atomic E-state index is 0.0606. The largest absolute Gasteiger partial charge is 0.378 e. The van der Waals surface area contributed by atoms with Crippen LogP contribution in [0.15, 0.2) is 91.0 Å². The van der Waals surface area contributed by atoms with Gasteiger partial charge in [0.15, 0.2) is 0 Å².